The zero-order valence-corrected chi connectivity index (χ0v) is 20.5. The van der Waals surface area contributed by atoms with Crippen molar-refractivity contribution in [3.8, 4) is 0 Å². The van der Waals surface area contributed by atoms with Crippen molar-refractivity contribution >= 4 is 11.9 Å². The number of ether oxygens (including phenoxy) is 1. The summed E-state index contributed by atoms with van der Waals surface area (Å²) in [6.45, 7) is 1.03. The number of rotatable bonds is 11. The first kappa shape index (κ1) is 31.1. The van der Waals surface area contributed by atoms with Gasteiger partial charge in [-0.25, -0.2) is 18.4 Å². The van der Waals surface area contributed by atoms with Crippen molar-refractivity contribution < 1.29 is 46.5 Å². The largest absolute Gasteiger partial charge is 0.478 e. The summed E-state index contributed by atoms with van der Waals surface area (Å²) in [6.07, 6.45) is -3.55. The second-order valence-electron chi connectivity index (χ2n) is 8.02. The molecule has 0 spiro atoms. The summed E-state index contributed by atoms with van der Waals surface area (Å²) in [7, 11) is 0. The highest BCUT2D eigenvalue weighted by atomic mass is 19.4. The second-order valence-corrected chi connectivity index (χ2v) is 8.02. The summed E-state index contributed by atoms with van der Waals surface area (Å²) in [4.78, 5) is 19.1. The molecule has 3 N–H and O–H groups in total. The number of alkyl halides is 3. The molecule has 208 valence electrons. The Morgan fingerprint density at radius 2 is 1.28 bits per heavy atom. The smallest absolute Gasteiger partial charge is 0.416 e. The maximum atomic E-state index is 13.3. The van der Waals surface area contributed by atoms with Gasteiger partial charge in [-0.3, -0.25) is 0 Å². The van der Waals surface area contributed by atoms with Crippen molar-refractivity contribution in [1.29, 1.82) is 0 Å². The molecule has 0 bridgehead atoms. The molecule has 0 amide bonds. The van der Waals surface area contributed by atoms with Crippen LogP contribution in [0.2, 0.25) is 0 Å². The highest BCUT2D eigenvalue weighted by Crippen LogP contribution is 2.32. The summed E-state index contributed by atoms with van der Waals surface area (Å²) in [5.41, 5.74) is 1.04. The number of hydrogen-bond donors (Lipinski definition) is 3. The van der Waals surface area contributed by atoms with E-state index in [1.807, 2.05) is 0 Å². The van der Waals surface area contributed by atoms with E-state index in [0.717, 1.165) is 6.07 Å². The third-order valence-corrected chi connectivity index (χ3v) is 5.17. The first-order valence-electron chi connectivity index (χ1n) is 11.6. The van der Waals surface area contributed by atoms with Crippen LogP contribution in [0.5, 0.6) is 0 Å². The van der Waals surface area contributed by atoms with Gasteiger partial charge in [-0.1, -0.05) is 42.5 Å². The maximum absolute atomic E-state index is 13.3. The van der Waals surface area contributed by atoms with Crippen molar-refractivity contribution in [3.05, 3.63) is 119 Å². The van der Waals surface area contributed by atoms with E-state index in [-0.39, 0.29) is 30.2 Å². The van der Waals surface area contributed by atoms with E-state index in [4.69, 9.17) is 14.9 Å². The molecule has 3 aromatic rings. The highest BCUT2D eigenvalue weighted by molar-refractivity contribution is 5.89. The third-order valence-electron chi connectivity index (χ3n) is 5.17. The Morgan fingerprint density at radius 1 is 0.795 bits per heavy atom. The van der Waals surface area contributed by atoms with Crippen molar-refractivity contribution in [2.24, 2.45) is 0 Å². The number of hydrogen-bond acceptors (Lipinski definition) is 4. The minimum Gasteiger partial charge on any atom is -0.478 e. The van der Waals surface area contributed by atoms with Gasteiger partial charge in [0.15, 0.2) is 0 Å². The van der Waals surface area contributed by atoms with Crippen molar-refractivity contribution in [1.82, 2.24) is 5.32 Å². The maximum Gasteiger partial charge on any atom is 0.416 e. The fourth-order valence-electron chi connectivity index (χ4n) is 3.41. The molecule has 0 fully saturated rings. The van der Waals surface area contributed by atoms with Gasteiger partial charge in [0.25, 0.3) is 0 Å². The number of carboxylic acids is 2. The average molecular weight is 552 g/mol. The number of aliphatic carboxylic acids is 2. The Kier molecular flexibility index (Phi) is 12.3. The monoisotopic (exact) mass is 551 g/mol. The van der Waals surface area contributed by atoms with Gasteiger partial charge in [-0.15, -0.1) is 0 Å². The predicted molar refractivity (Wildman–Crippen MR) is 133 cm³/mol. The summed E-state index contributed by atoms with van der Waals surface area (Å²) in [6, 6.07) is 17.2. The van der Waals surface area contributed by atoms with Crippen LogP contribution in [0.1, 0.15) is 28.4 Å². The molecule has 0 aliphatic rings. The van der Waals surface area contributed by atoms with Gasteiger partial charge < -0.3 is 20.3 Å². The first-order valence-corrected chi connectivity index (χ1v) is 11.6. The van der Waals surface area contributed by atoms with Gasteiger partial charge in [0.1, 0.15) is 17.7 Å². The van der Waals surface area contributed by atoms with Crippen LogP contribution in [-0.4, -0.2) is 41.8 Å². The van der Waals surface area contributed by atoms with Crippen molar-refractivity contribution in [2.45, 2.75) is 18.7 Å². The Morgan fingerprint density at radius 3 is 1.74 bits per heavy atom. The average Bonchev–Trinajstić information content (AvgIpc) is 2.88. The van der Waals surface area contributed by atoms with Crippen LogP contribution in [0.3, 0.4) is 0 Å². The Hall–Kier alpha value is -4.09. The van der Waals surface area contributed by atoms with Crippen molar-refractivity contribution in [2.75, 3.05) is 19.7 Å². The van der Waals surface area contributed by atoms with Gasteiger partial charge in [-0.2, -0.15) is 13.2 Å². The summed E-state index contributed by atoms with van der Waals surface area (Å²) in [5, 5.41) is 18.7. The number of benzene rings is 3. The lowest BCUT2D eigenvalue weighted by atomic mass is 10.0. The SMILES string of the molecule is Fc1ccc(C(OCCNCCc2ccccc2C(F)(F)F)c2ccc(F)cc2)cc1.O=C(O)C=CC(=O)O. The Bertz CT molecular complexity index is 1170. The van der Waals surface area contributed by atoms with Gasteiger partial charge >= 0.3 is 18.1 Å². The molecule has 0 aliphatic carbocycles. The molecule has 0 unspecified atom stereocenters. The molecule has 0 saturated carbocycles. The van der Waals surface area contributed by atoms with E-state index in [1.165, 1.54) is 36.4 Å². The molecule has 0 heterocycles. The van der Waals surface area contributed by atoms with Gasteiger partial charge in [0.05, 0.1) is 12.2 Å². The van der Waals surface area contributed by atoms with Gasteiger partial charge in [0, 0.05) is 18.7 Å². The molecule has 0 atom stereocenters. The van der Waals surface area contributed by atoms with Crippen LogP contribution >= 0.6 is 0 Å². The number of halogens is 5. The van der Waals surface area contributed by atoms with E-state index in [0.29, 0.717) is 36.4 Å². The molecule has 3 rings (SSSR count). The quantitative estimate of drug-likeness (QED) is 0.162. The lowest BCUT2D eigenvalue weighted by Gasteiger charge is -2.19. The summed E-state index contributed by atoms with van der Waals surface area (Å²) >= 11 is 0. The zero-order valence-electron chi connectivity index (χ0n) is 20.5. The minimum absolute atomic E-state index is 0.231. The van der Waals surface area contributed by atoms with Crippen LogP contribution in [0.15, 0.2) is 84.9 Å². The lowest BCUT2D eigenvalue weighted by molar-refractivity contribution is -0.138. The molecule has 39 heavy (non-hydrogen) atoms. The lowest BCUT2D eigenvalue weighted by Crippen LogP contribution is -2.24. The second kappa shape index (κ2) is 15.4. The topological polar surface area (TPSA) is 95.9 Å². The number of carbonyl (C=O) groups is 2. The molecular weight excluding hydrogens is 525 g/mol. The van der Waals surface area contributed by atoms with Crippen LogP contribution < -0.4 is 5.32 Å². The normalized spacial score (nSPS) is 11.3. The molecular formula is C28H26F5NO5. The van der Waals surface area contributed by atoms with E-state index in [2.05, 4.69) is 5.32 Å². The van der Waals surface area contributed by atoms with Crippen molar-refractivity contribution in [3.63, 3.8) is 0 Å². The van der Waals surface area contributed by atoms with E-state index in [1.54, 1.807) is 30.3 Å². The van der Waals surface area contributed by atoms with Gasteiger partial charge in [-0.05, 0) is 60.0 Å². The van der Waals surface area contributed by atoms with Crippen LogP contribution in [0, 0.1) is 11.6 Å². The van der Waals surface area contributed by atoms with E-state index >= 15 is 0 Å². The molecule has 0 aromatic heterocycles. The first-order chi connectivity index (χ1) is 18.5. The van der Waals surface area contributed by atoms with E-state index < -0.39 is 29.8 Å². The summed E-state index contributed by atoms with van der Waals surface area (Å²) < 4.78 is 71.6. The highest BCUT2D eigenvalue weighted by Gasteiger charge is 2.32. The molecule has 11 heteroatoms. The molecule has 6 nitrogen and oxygen atoms in total. The third kappa shape index (κ3) is 11.5. The standard InChI is InChI=1S/C24H22F5NO.C4H4O4/c25-20-9-5-18(6-10-20)23(19-7-11-21(26)12-8-19)31-16-15-30-14-13-17-3-1-2-4-22(17)24(27,28)29;5-3(6)1-2-4(7)8/h1-12,23,30H,13-16H2;1-2H,(H,5,6)(H,7,8). The molecule has 0 saturated heterocycles. The van der Waals surface area contributed by atoms with Gasteiger partial charge in [0.2, 0.25) is 0 Å². The molecule has 0 aliphatic heterocycles. The Balaban J connectivity index is 0.000000580. The molecule has 0 radical (unpaired) electrons. The van der Waals surface area contributed by atoms with E-state index in [9.17, 15) is 31.5 Å². The van der Waals surface area contributed by atoms with Crippen LogP contribution in [0.4, 0.5) is 22.0 Å². The fourth-order valence-corrected chi connectivity index (χ4v) is 3.41. The predicted octanol–water partition coefficient (Wildman–Crippen LogP) is 5.63. The molecule has 3 aromatic carbocycles. The van der Waals surface area contributed by atoms with Crippen LogP contribution in [-0.2, 0) is 26.9 Å². The minimum atomic E-state index is -4.38. The number of carboxylic acid groups (broad SMARTS) is 2. The zero-order chi connectivity index (χ0) is 28.8. The number of nitrogens with one attached hydrogen (secondary N) is 1. The van der Waals surface area contributed by atoms with Crippen LogP contribution in [0.25, 0.3) is 0 Å². The Labute approximate surface area is 221 Å². The summed E-state index contributed by atoms with van der Waals surface area (Å²) in [5.74, 6) is -3.26. The fraction of sp³-hybridized carbons (Fsp3) is 0.214.